The van der Waals surface area contributed by atoms with Crippen LogP contribution in [-0.4, -0.2) is 17.1 Å². The molecule has 4 fully saturated rings. The molecule has 4 aliphatic rings. The van der Waals surface area contributed by atoms with E-state index < -0.39 is 0 Å². The van der Waals surface area contributed by atoms with E-state index in [-0.39, 0.29) is 12.0 Å². The molecule has 4 heteroatoms. The van der Waals surface area contributed by atoms with Gasteiger partial charge in [-0.1, -0.05) is 20.8 Å². The van der Waals surface area contributed by atoms with Crippen molar-refractivity contribution < 1.29 is 9.90 Å². The van der Waals surface area contributed by atoms with E-state index >= 15 is 0 Å². The SMILES string of the molecule is C[C@H](CCC(=O)NN)[C@@H]1CC[C@@H]2[C@H]3CC[C@H]4C[C@@H](O)CC[C@]4(C)[C@@H]3CC[C@]21C. The van der Waals surface area contributed by atoms with Crippen molar-refractivity contribution in [1.82, 2.24) is 5.43 Å². The molecular formula is C24H42N2O2. The van der Waals surface area contributed by atoms with E-state index in [4.69, 9.17) is 5.84 Å². The summed E-state index contributed by atoms with van der Waals surface area (Å²) in [5, 5.41) is 10.2. The fraction of sp³-hybridized carbons (Fsp3) is 0.958. The summed E-state index contributed by atoms with van der Waals surface area (Å²) in [6, 6.07) is 0. The van der Waals surface area contributed by atoms with Crippen LogP contribution < -0.4 is 11.3 Å². The van der Waals surface area contributed by atoms with Crippen LogP contribution in [0.4, 0.5) is 0 Å². The predicted octanol–water partition coefficient (Wildman–Crippen LogP) is 4.41. The third-order valence-electron chi connectivity index (χ3n) is 10.4. The highest BCUT2D eigenvalue weighted by molar-refractivity contribution is 5.75. The Morgan fingerprint density at radius 1 is 1.07 bits per heavy atom. The van der Waals surface area contributed by atoms with Crippen LogP contribution in [0.3, 0.4) is 0 Å². The van der Waals surface area contributed by atoms with Crippen LogP contribution in [0.25, 0.3) is 0 Å². The molecule has 160 valence electrons. The van der Waals surface area contributed by atoms with E-state index in [0.29, 0.717) is 23.2 Å². The van der Waals surface area contributed by atoms with Gasteiger partial charge >= 0.3 is 0 Å². The molecular weight excluding hydrogens is 348 g/mol. The second-order valence-corrected chi connectivity index (χ2v) is 11.4. The van der Waals surface area contributed by atoms with Gasteiger partial charge in [-0.05, 0) is 111 Å². The van der Waals surface area contributed by atoms with E-state index in [1.165, 1.54) is 44.9 Å². The first-order valence-corrected chi connectivity index (χ1v) is 12.0. The fourth-order valence-corrected chi connectivity index (χ4v) is 8.84. The highest BCUT2D eigenvalue weighted by atomic mass is 16.3. The topological polar surface area (TPSA) is 75.4 Å². The lowest BCUT2D eigenvalue weighted by Gasteiger charge is -2.61. The largest absolute Gasteiger partial charge is 0.393 e. The van der Waals surface area contributed by atoms with Crippen LogP contribution in [0.1, 0.15) is 91.4 Å². The summed E-state index contributed by atoms with van der Waals surface area (Å²) in [6.45, 7) is 7.53. The number of carbonyl (C=O) groups excluding carboxylic acids is 1. The summed E-state index contributed by atoms with van der Waals surface area (Å²) in [7, 11) is 0. The molecule has 0 saturated heterocycles. The lowest BCUT2D eigenvalue weighted by molar-refractivity contribution is -0.129. The van der Waals surface area contributed by atoms with Gasteiger partial charge in [0.25, 0.3) is 0 Å². The average Bonchev–Trinajstić information content (AvgIpc) is 3.03. The maximum Gasteiger partial charge on any atom is 0.233 e. The number of amides is 1. The van der Waals surface area contributed by atoms with E-state index in [1.807, 2.05) is 0 Å². The quantitative estimate of drug-likeness (QED) is 0.378. The van der Waals surface area contributed by atoms with Gasteiger partial charge in [0.15, 0.2) is 0 Å². The number of carbonyl (C=O) groups is 1. The molecule has 0 radical (unpaired) electrons. The monoisotopic (exact) mass is 390 g/mol. The van der Waals surface area contributed by atoms with Gasteiger partial charge in [-0.2, -0.15) is 0 Å². The van der Waals surface area contributed by atoms with Gasteiger partial charge < -0.3 is 5.11 Å². The number of nitrogens with two attached hydrogens (primary N) is 1. The molecule has 0 aromatic heterocycles. The molecule has 9 atom stereocenters. The van der Waals surface area contributed by atoms with Crippen molar-refractivity contribution in [1.29, 1.82) is 0 Å². The number of aliphatic hydroxyl groups is 1. The van der Waals surface area contributed by atoms with E-state index in [9.17, 15) is 9.90 Å². The van der Waals surface area contributed by atoms with Crippen molar-refractivity contribution in [3.8, 4) is 0 Å². The summed E-state index contributed by atoms with van der Waals surface area (Å²) in [6.07, 6.45) is 13.0. The number of fused-ring (bicyclic) bond motifs is 5. The molecule has 4 N–H and O–H groups in total. The molecule has 0 aromatic rings. The molecule has 4 rings (SSSR count). The van der Waals surface area contributed by atoms with Gasteiger partial charge in [-0.3, -0.25) is 10.2 Å². The Balaban J connectivity index is 1.48. The minimum atomic E-state index is -0.0501. The zero-order valence-electron chi connectivity index (χ0n) is 18.3. The third kappa shape index (κ3) is 3.23. The van der Waals surface area contributed by atoms with Crippen LogP contribution in [0.15, 0.2) is 0 Å². The van der Waals surface area contributed by atoms with E-state index in [1.54, 1.807) is 0 Å². The third-order valence-corrected chi connectivity index (χ3v) is 10.4. The average molecular weight is 391 g/mol. The van der Waals surface area contributed by atoms with Gasteiger partial charge in [-0.25, -0.2) is 5.84 Å². The molecule has 4 saturated carbocycles. The molecule has 4 aliphatic carbocycles. The molecule has 4 nitrogen and oxygen atoms in total. The highest BCUT2D eigenvalue weighted by Crippen LogP contribution is 2.68. The van der Waals surface area contributed by atoms with Crippen molar-refractivity contribution in [2.45, 2.75) is 97.5 Å². The summed E-state index contributed by atoms with van der Waals surface area (Å²) in [5.41, 5.74) is 3.21. The molecule has 0 heterocycles. The number of rotatable bonds is 4. The zero-order valence-corrected chi connectivity index (χ0v) is 18.3. The maximum atomic E-state index is 11.6. The van der Waals surface area contributed by atoms with E-state index in [0.717, 1.165) is 48.9 Å². The molecule has 1 amide bonds. The van der Waals surface area contributed by atoms with E-state index in [2.05, 4.69) is 26.2 Å². The van der Waals surface area contributed by atoms with Gasteiger partial charge in [-0.15, -0.1) is 0 Å². The second-order valence-electron chi connectivity index (χ2n) is 11.4. The molecule has 0 aromatic carbocycles. The second kappa shape index (κ2) is 7.58. The molecule has 0 aliphatic heterocycles. The van der Waals surface area contributed by atoms with Gasteiger partial charge in [0.05, 0.1) is 6.10 Å². The Morgan fingerprint density at radius 2 is 1.79 bits per heavy atom. The number of hydrogen-bond acceptors (Lipinski definition) is 3. The Morgan fingerprint density at radius 3 is 2.54 bits per heavy atom. The summed E-state index contributed by atoms with van der Waals surface area (Å²) >= 11 is 0. The van der Waals surface area contributed by atoms with Crippen LogP contribution in [0.5, 0.6) is 0 Å². The lowest BCUT2D eigenvalue weighted by Crippen LogP contribution is -2.54. The van der Waals surface area contributed by atoms with Crippen LogP contribution in [0, 0.1) is 46.3 Å². The first-order valence-electron chi connectivity index (χ1n) is 12.0. The molecule has 0 bridgehead atoms. The summed E-state index contributed by atoms with van der Waals surface area (Å²) in [5.74, 6) is 9.97. The van der Waals surface area contributed by atoms with Crippen LogP contribution in [0.2, 0.25) is 0 Å². The molecule has 0 spiro atoms. The van der Waals surface area contributed by atoms with Crippen molar-refractivity contribution >= 4 is 5.91 Å². The van der Waals surface area contributed by atoms with Crippen LogP contribution >= 0.6 is 0 Å². The first kappa shape index (κ1) is 20.7. The Kier molecular flexibility index (Phi) is 5.59. The Hall–Kier alpha value is -0.610. The van der Waals surface area contributed by atoms with Crippen LogP contribution in [-0.2, 0) is 4.79 Å². The van der Waals surface area contributed by atoms with Crippen molar-refractivity contribution in [2.75, 3.05) is 0 Å². The first-order chi connectivity index (χ1) is 13.3. The van der Waals surface area contributed by atoms with Gasteiger partial charge in [0.2, 0.25) is 5.91 Å². The standard InChI is InChI=1S/C24H42N2O2/c1-15(4-9-22(28)26-25)19-7-8-20-18-6-5-16-14-17(27)10-12-23(16,2)21(18)11-13-24(19,20)3/h15-21,27H,4-14,25H2,1-3H3,(H,26,28)/t15-,16+,17+,18-,19+,20-,21-,23+,24+/m1/s1. The zero-order chi connectivity index (χ0) is 20.1. The van der Waals surface area contributed by atoms with Gasteiger partial charge in [0.1, 0.15) is 0 Å². The lowest BCUT2D eigenvalue weighted by atomic mass is 9.44. The predicted molar refractivity (Wildman–Crippen MR) is 112 cm³/mol. The summed E-state index contributed by atoms with van der Waals surface area (Å²) < 4.78 is 0. The Bertz CT molecular complexity index is 595. The summed E-state index contributed by atoms with van der Waals surface area (Å²) in [4.78, 5) is 11.6. The van der Waals surface area contributed by atoms with Crippen molar-refractivity contribution in [3.05, 3.63) is 0 Å². The maximum absolute atomic E-state index is 11.6. The normalized spacial score (nSPS) is 48.9. The van der Waals surface area contributed by atoms with Gasteiger partial charge in [0, 0.05) is 6.42 Å². The number of aliphatic hydroxyl groups excluding tert-OH is 1. The number of hydrazine groups is 1. The molecule has 0 unspecified atom stereocenters. The molecule has 28 heavy (non-hydrogen) atoms. The number of nitrogens with one attached hydrogen (secondary N) is 1. The van der Waals surface area contributed by atoms with Crippen molar-refractivity contribution in [3.63, 3.8) is 0 Å². The van der Waals surface area contributed by atoms with Crippen molar-refractivity contribution in [2.24, 2.45) is 52.2 Å². The Labute approximate surface area is 171 Å². The smallest absolute Gasteiger partial charge is 0.233 e. The highest BCUT2D eigenvalue weighted by Gasteiger charge is 2.60. The fourth-order valence-electron chi connectivity index (χ4n) is 8.84. The minimum absolute atomic E-state index is 0.0269. The number of hydrogen-bond donors (Lipinski definition) is 3. The minimum Gasteiger partial charge on any atom is -0.393 e.